The minimum absolute atomic E-state index is 0.270. The number of nitrogens with zero attached hydrogens (tertiary/aromatic N) is 2. The minimum atomic E-state index is -0.270. The number of ether oxygens (including phenoxy) is 2. The van der Waals surface area contributed by atoms with E-state index < -0.39 is 0 Å². The van der Waals surface area contributed by atoms with Crippen molar-refractivity contribution in [3.05, 3.63) is 65.9 Å². The van der Waals surface area contributed by atoms with Gasteiger partial charge in [-0.1, -0.05) is 24.0 Å². The minimum Gasteiger partial charge on any atom is -0.495 e. The highest BCUT2D eigenvalue weighted by Crippen LogP contribution is 2.39. The van der Waals surface area contributed by atoms with Crippen LogP contribution >= 0.6 is 11.3 Å². The third kappa shape index (κ3) is 4.92. The molecule has 2 aromatic carbocycles. The van der Waals surface area contributed by atoms with Crippen molar-refractivity contribution in [3.8, 4) is 16.6 Å². The molecule has 0 aliphatic carbocycles. The molecule has 1 aliphatic rings. The number of anilines is 3. The molecule has 0 fully saturated rings. The highest BCUT2D eigenvalue weighted by Gasteiger charge is 2.18. The molecule has 0 bridgehead atoms. The summed E-state index contributed by atoms with van der Waals surface area (Å²) < 4.78 is 11.7. The number of carbonyl (C=O) groups is 1. The van der Waals surface area contributed by atoms with Gasteiger partial charge in [-0.25, -0.2) is 4.98 Å². The van der Waals surface area contributed by atoms with Crippen LogP contribution in [0.3, 0.4) is 0 Å². The monoisotopic (exact) mass is 450 g/mol. The molecule has 3 aromatic rings. The number of fused-ring (bicyclic) bond motifs is 1. The number of nitrogens with one attached hydrogen (secondary N) is 2. The van der Waals surface area contributed by atoms with Gasteiger partial charge in [-0.15, -0.1) is 0 Å². The maximum atomic E-state index is 11.5. The van der Waals surface area contributed by atoms with Gasteiger partial charge in [-0.05, 0) is 61.9 Å². The largest absolute Gasteiger partial charge is 0.495 e. The first kappa shape index (κ1) is 21.9. The number of hydrogen-bond donors (Lipinski definition) is 2. The van der Waals surface area contributed by atoms with Gasteiger partial charge in [0.2, 0.25) is 11.0 Å². The maximum Gasteiger partial charge on any atom is 0.247 e. The second-order valence-electron chi connectivity index (χ2n) is 7.65. The predicted octanol–water partition coefficient (Wildman–Crippen LogP) is 5.11. The van der Waals surface area contributed by atoms with Gasteiger partial charge in [-0.3, -0.25) is 4.79 Å². The number of rotatable bonds is 7. The molecule has 0 spiro atoms. The molecule has 1 amide bonds. The van der Waals surface area contributed by atoms with E-state index in [9.17, 15) is 4.79 Å². The van der Waals surface area contributed by atoms with Crippen molar-refractivity contribution in [2.45, 2.75) is 19.9 Å². The smallest absolute Gasteiger partial charge is 0.247 e. The van der Waals surface area contributed by atoms with Crippen molar-refractivity contribution in [1.29, 1.82) is 0 Å². The van der Waals surface area contributed by atoms with Gasteiger partial charge in [0.1, 0.15) is 11.5 Å². The third-order valence-corrected chi connectivity index (χ3v) is 6.17. The van der Waals surface area contributed by atoms with Gasteiger partial charge in [0, 0.05) is 24.8 Å². The summed E-state index contributed by atoms with van der Waals surface area (Å²) in [5, 5.41) is 7.53. The van der Waals surface area contributed by atoms with E-state index in [0.29, 0.717) is 16.5 Å². The zero-order valence-electron chi connectivity index (χ0n) is 18.4. The van der Waals surface area contributed by atoms with Gasteiger partial charge in [-0.2, -0.15) is 0 Å². The molecular weight excluding hydrogens is 424 g/mol. The fourth-order valence-electron chi connectivity index (χ4n) is 3.58. The Labute approximate surface area is 191 Å². The van der Waals surface area contributed by atoms with Crippen molar-refractivity contribution < 1.29 is 14.3 Å². The number of amides is 1. The first-order chi connectivity index (χ1) is 15.4. The number of aromatic nitrogens is 1. The molecule has 0 atom stereocenters. The first-order valence-corrected chi connectivity index (χ1v) is 11.1. The van der Waals surface area contributed by atoms with Gasteiger partial charge in [0.15, 0.2) is 5.13 Å². The van der Waals surface area contributed by atoms with Crippen LogP contribution in [0.1, 0.15) is 16.8 Å². The number of aryl methyl sites for hydroxylation is 1. The number of hydrogen-bond acceptors (Lipinski definition) is 7. The summed E-state index contributed by atoms with van der Waals surface area (Å²) in [6, 6.07) is 11.5. The van der Waals surface area contributed by atoms with E-state index in [2.05, 4.69) is 46.3 Å². The van der Waals surface area contributed by atoms with E-state index in [1.165, 1.54) is 28.5 Å². The van der Waals surface area contributed by atoms with Crippen LogP contribution in [0.5, 0.6) is 16.6 Å². The quantitative estimate of drug-likeness (QED) is 0.487. The highest BCUT2D eigenvalue weighted by molar-refractivity contribution is 7.17. The normalized spacial score (nSPS) is 13.2. The second-order valence-corrected chi connectivity index (χ2v) is 8.61. The van der Waals surface area contributed by atoms with Crippen molar-refractivity contribution in [2.24, 2.45) is 0 Å². The van der Waals surface area contributed by atoms with E-state index in [1.54, 1.807) is 19.2 Å². The van der Waals surface area contributed by atoms with Crippen molar-refractivity contribution >= 4 is 33.8 Å². The van der Waals surface area contributed by atoms with E-state index in [4.69, 9.17) is 9.47 Å². The van der Waals surface area contributed by atoms with Gasteiger partial charge in [0.25, 0.3) is 0 Å². The summed E-state index contributed by atoms with van der Waals surface area (Å²) in [7, 11) is 3.81. The zero-order valence-corrected chi connectivity index (χ0v) is 19.2. The number of thiazole rings is 1. The zero-order chi connectivity index (χ0) is 22.7. The lowest BCUT2D eigenvalue weighted by atomic mass is 9.99. The van der Waals surface area contributed by atoms with Crippen LogP contribution in [0, 0.1) is 6.92 Å². The molecule has 2 N–H and O–H groups in total. The Balaban J connectivity index is 1.53. The molecule has 2 heterocycles. The molecule has 0 saturated heterocycles. The molecule has 8 heteroatoms. The van der Waals surface area contributed by atoms with Crippen LogP contribution in [-0.4, -0.2) is 36.5 Å². The van der Waals surface area contributed by atoms with Gasteiger partial charge < -0.3 is 25.0 Å². The predicted molar refractivity (Wildman–Crippen MR) is 129 cm³/mol. The fourth-order valence-corrected chi connectivity index (χ4v) is 4.43. The Morgan fingerprint density at radius 3 is 2.91 bits per heavy atom. The van der Waals surface area contributed by atoms with E-state index in [0.717, 1.165) is 41.8 Å². The molecule has 0 radical (unpaired) electrons. The van der Waals surface area contributed by atoms with Crippen LogP contribution in [-0.2, 0) is 17.8 Å². The standard InChI is InChI=1S/C24H26N4O3S/c1-5-22(29)26-18-7-6-8-19(13-18)31-23-15(2)25-24(32-23)27-20-11-16-9-10-28(3)14-17(16)12-21(20)30-4/h5-8,11-13H,1,9-10,14H2,2-4H3,(H,25,27)(H,26,29). The number of benzene rings is 2. The highest BCUT2D eigenvalue weighted by atomic mass is 32.1. The molecule has 1 aromatic heterocycles. The van der Waals surface area contributed by atoms with Crippen LogP contribution in [0.25, 0.3) is 0 Å². The molecule has 0 saturated carbocycles. The van der Waals surface area contributed by atoms with Crippen LogP contribution < -0.4 is 20.1 Å². The van der Waals surface area contributed by atoms with E-state index >= 15 is 0 Å². The molecule has 32 heavy (non-hydrogen) atoms. The van der Waals surface area contributed by atoms with Gasteiger partial charge in [0.05, 0.1) is 18.5 Å². The molecule has 7 nitrogen and oxygen atoms in total. The topological polar surface area (TPSA) is 75.7 Å². The Kier molecular flexibility index (Phi) is 6.43. The summed E-state index contributed by atoms with van der Waals surface area (Å²) in [5.74, 6) is 1.13. The van der Waals surface area contributed by atoms with Crippen molar-refractivity contribution in [2.75, 3.05) is 31.3 Å². The second kappa shape index (κ2) is 9.42. The van der Waals surface area contributed by atoms with Crippen molar-refractivity contribution in [1.82, 2.24) is 9.88 Å². The van der Waals surface area contributed by atoms with Crippen LogP contribution in [0.15, 0.2) is 49.1 Å². The van der Waals surface area contributed by atoms with E-state index in [-0.39, 0.29) is 5.91 Å². The van der Waals surface area contributed by atoms with Crippen molar-refractivity contribution in [3.63, 3.8) is 0 Å². The SMILES string of the molecule is C=CC(=O)Nc1cccc(Oc2sc(Nc3cc4c(cc3OC)CN(C)CC4)nc2C)c1. The lowest BCUT2D eigenvalue weighted by molar-refractivity contribution is -0.111. The number of carbonyl (C=O) groups excluding carboxylic acids is 1. The summed E-state index contributed by atoms with van der Waals surface area (Å²) in [5.41, 5.74) is 4.93. The number of likely N-dealkylation sites (N-methyl/N-ethyl adjacent to an activating group) is 1. The Bertz CT molecular complexity index is 1160. The summed E-state index contributed by atoms with van der Waals surface area (Å²) in [6.07, 6.45) is 2.24. The molecule has 166 valence electrons. The lowest BCUT2D eigenvalue weighted by Crippen LogP contribution is -2.26. The van der Waals surface area contributed by atoms with Crippen LogP contribution in [0.2, 0.25) is 0 Å². The third-order valence-electron chi connectivity index (χ3n) is 5.22. The summed E-state index contributed by atoms with van der Waals surface area (Å²) >= 11 is 1.42. The Morgan fingerprint density at radius 2 is 2.12 bits per heavy atom. The Hall–Kier alpha value is -3.36. The average molecular weight is 451 g/mol. The summed E-state index contributed by atoms with van der Waals surface area (Å²) in [4.78, 5) is 18.5. The molecule has 1 aliphatic heterocycles. The van der Waals surface area contributed by atoms with E-state index in [1.807, 2.05) is 19.1 Å². The first-order valence-electron chi connectivity index (χ1n) is 10.3. The fraction of sp³-hybridized carbons (Fsp3) is 0.250. The molecule has 0 unspecified atom stereocenters. The molecular formula is C24H26N4O3S. The van der Waals surface area contributed by atoms with Gasteiger partial charge >= 0.3 is 0 Å². The number of methoxy groups -OCH3 is 1. The Morgan fingerprint density at radius 1 is 1.28 bits per heavy atom. The lowest BCUT2D eigenvalue weighted by Gasteiger charge is -2.26. The molecule has 4 rings (SSSR count). The summed E-state index contributed by atoms with van der Waals surface area (Å²) in [6.45, 7) is 7.33. The van der Waals surface area contributed by atoms with Crippen LogP contribution in [0.4, 0.5) is 16.5 Å². The average Bonchev–Trinajstić information content (AvgIpc) is 3.12. The maximum absolute atomic E-state index is 11.5.